The normalized spacial score (nSPS) is 19.8. The molecule has 3 heteroatoms. The molecule has 1 aromatic heterocycles. The lowest BCUT2D eigenvalue weighted by Gasteiger charge is -2.30. The Hall–Kier alpha value is -1.87. The molecule has 0 aliphatic carbocycles. The molecule has 2 heterocycles. The van der Waals surface area contributed by atoms with Crippen LogP contribution in [0.1, 0.15) is 60.6 Å². The van der Waals surface area contributed by atoms with Gasteiger partial charge in [0, 0.05) is 17.3 Å². The molecule has 3 rings (SSSR count). The fourth-order valence-electron chi connectivity index (χ4n) is 3.45. The van der Waals surface area contributed by atoms with Gasteiger partial charge in [0.05, 0.1) is 12.3 Å². The van der Waals surface area contributed by atoms with Gasteiger partial charge in [-0.05, 0) is 32.3 Å². The van der Waals surface area contributed by atoms with Crippen molar-refractivity contribution in [3.05, 3.63) is 58.4 Å². The molecule has 0 radical (unpaired) electrons. The third kappa shape index (κ3) is 2.74. The topological polar surface area (TPSA) is 42.4 Å². The molecule has 0 amide bonds. The molecule has 1 unspecified atom stereocenters. The largest absolute Gasteiger partial charge is 0.506 e. The summed E-state index contributed by atoms with van der Waals surface area (Å²) in [4.78, 5) is 4.39. The number of fused-ring (bicyclic) bond motifs is 1. The van der Waals surface area contributed by atoms with Crippen molar-refractivity contribution in [2.45, 2.75) is 58.7 Å². The quantitative estimate of drug-likeness (QED) is 0.810. The van der Waals surface area contributed by atoms with Gasteiger partial charge in [-0.25, -0.2) is 0 Å². The Morgan fingerprint density at radius 3 is 2.61 bits per heavy atom. The van der Waals surface area contributed by atoms with E-state index in [2.05, 4.69) is 43.1 Å². The Balaban J connectivity index is 2.09. The number of benzene rings is 1. The number of hydrogen-bond acceptors (Lipinski definition) is 3. The van der Waals surface area contributed by atoms with E-state index in [0.29, 0.717) is 12.3 Å². The summed E-state index contributed by atoms with van der Waals surface area (Å²) in [5, 5.41) is 10.4. The van der Waals surface area contributed by atoms with Gasteiger partial charge in [0.2, 0.25) is 0 Å². The maximum absolute atomic E-state index is 10.4. The van der Waals surface area contributed by atoms with E-state index in [0.717, 1.165) is 29.5 Å². The first-order valence-corrected chi connectivity index (χ1v) is 8.47. The van der Waals surface area contributed by atoms with Crippen LogP contribution in [0.15, 0.2) is 30.5 Å². The van der Waals surface area contributed by atoms with Gasteiger partial charge in [0.25, 0.3) is 0 Å². The van der Waals surface area contributed by atoms with Crippen LogP contribution in [0.2, 0.25) is 0 Å². The number of aromatic nitrogens is 1. The highest BCUT2D eigenvalue weighted by Crippen LogP contribution is 2.48. The van der Waals surface area contributed by atoms with Gasteiger partial charge in [0.15, 0.2) is 0 Å². The maximum Gasteiger partial charge on any atom is 0.142 e. The summed E-state index contributed by atoms with van der Waals surface area (Å²) in [5.74, 6) is 0.284. The number of unbranched alkanes of at least 4 members (excludes halogenated alkanes) is 2. The van der Waals surface area contributed by atoms with Crippen molar-refractivity contribution in [2.75, 3.05) is 0 Å². The van der Waals surface area contributed by atoms with E-state index < -0.39 is 5.60 Å². The van der Waals surface area contributed by atoms with Crippen LogP contribution in [0.3, 0.4) is 0 Å². The van der Waals surface area contributed by atoms with Crippen LogP contribution in [-0.2, 0) is 16.9 Å². The van der Waals surface area contributed by atoms with E-state index in [4.69, 9.17) is 4.74 Å². The molecular formula is C20H25NO2. The van der Waals surface area contributed by atoms with Crippen molar-refractivity contribution in [1.29, 1.82) is 0 Å². The standard InChI is InChI=1S/C20H25NO2/c1-4-5-6-11-20(16-9-7-14(2)8-10-16)18-12-21-15(3)19(22)17(18)13-23-20/h7-10,12,22H,4-6,11,13H2,1-3H3. The predicted molar refractivity (Wildman–Crippen MR) is 91.5 cm³/mol. The highest BCUT2D eigenvalue weighted by Gasteiger charge is 2.43. The van der Waals surface area contributed by atoms with Crippen LogP contribution >= 0.6 is 0 Å². The second kappa shape index (κ2) is 6.32. The third-order valence-corrected chi connectivity index (χ3v) is 4.89. The lowest BCUT2D eigenvalue weighted by Crippen LogP contribution is -2.27. The van der Waals surface area contributed by atoms with Gasteiger partial charge < -0.3 is 9.84 Å². The van der Waals surface area contributed by atoms with E-state index in [-0.39, 0.29) is 5.75 Å². The summed E-state index contributed by atoms with van der Waals surface area (Å²) in [6.45, 7) is 6.58. The van der Waals surface area contributed by atoms with Gasteiger partial charge in [-0.2, -0.15) is 0 Å². The van der Waals surface area contributed by atoms with Gasteiger partial charge in [-0.15, -0.1) is 0 Å². The van der Waals surface area contributed by atoms with Crippen LogP contribution < -0.4 is 0 Å². The van der Waals surface area contributed by atoms with Crippen molar-refractivity contribution in [2.24, 2.45) is 0 Å². The number of rotatable bonds is 5. The summed E-state index contributed by atoms with van der Waals surface area (Å²) in [7, 11) is 0. The minimum absolute atomic E-state index is 0.284. The summed E-state index contributed by atoms with van der Waals surface area (Å²) in [5.41, 5.74) is 4.51. The van der Waals surface area contributed by atoms with E-state index in [1.807, 2.05) is 13.1 Å². The fraction of sp³-hybridized carbons (Fsp3) is 0.450. The lowest BCUT2D eigenvalue weighted by molar-refractivity contribution is -0.0136. The van der Waals surface area contributed by atoms with Crippen molar-refractivity contribution in [3.63, 3.8) is 0 Å². The monoisotopic (exact) mass is 311 g/mol. The number of hydrogen-bond donors (Lipinski definition) is 1. The molecule has 0 saturated carbocycles. The Labute approximate surface area is 138 Å². The highest BCUT2D eigenvalue weighted by atomic mass is 16.5. The fourth-order valence-corrected chi connectivity index (χ4v) is 3.45. The molecule has 1 aromatic carbocycles. The van der Waals surface area contributed by atoms with Crippen molar-refractivity contribution >= 4 is 0 Å². The Morgan fingerprint density at radius 2 is 1.91 bits per heavy atom. The highest BCUT2D eigenvalue weighted by molar-refractivity contribution is 5.50. The van der Waals surface area contributed by atoms with Gasteiger partial charge in [-0.3, -0.25) is 4.98 Å². The number of aryl methyl sites for hydroxylation is 2. The zero-order valence-electron chi connectivity index (χ0n) is 14.2. The van der Waals surface area contributed by atoms with Gasteiger partial charge in [-0.1, -0.05) is 49.6 Å². The zero-order chi connectivity index (χ0) is 16.4. The molecule has 0 bridgehead atoms. The average molecular weight is 311 g/mol. The van der Waals surface area contributed by atoms with Crippen LogP contribution in [0.5, 0.6) is 5.75 Å². The van der Waals surface area contributed by atoms with E-state index in [1.165, 1.54) is 18.4 Å². The molecule has 23 heavy (non-hydrogen) atoms. The molecular weight excluding hydrogens is 286 g/mol. The van der Waals surface area contributed by atoms with Crippen LogP contribution in [0.4, 0.5) is 0 Å². The van der Waals surface area contributed by atoms with Crippen molar-refractivity contribution < 1.29 is 9.84 Å². The Bertz CT molecular complexity index is 694. The van der Waals surface area contributed by atoms with Crippen molar-refractivity contribution in [3.8, 4) is 5.75 Å². The second-order valence-electron chi connectivity index (χ2n) is 6.52. The third-order valence-electron chi connectivity index (χ3n) is 4.89. The molecule has 122 valence electrons. The van der Waals surface area contributed by atoms with Crippen LogP contribution in [0.25, 0.3) is 0 Å². The second-order valence-corrected chi connectivity index (χ2v) is 6.52. The van der Waals surface area contributed by atoms with Crippen LogP contribution in [0, 0.1) is 13.8 Å². The van der Waals surface area contributed by atoms with Crippen molar-refractivity contribution in [1.82, 2.24) is 4.98 Å². The molecule has 1 aliphatic rings. The molecule has 0 spiro atoms. The first-order valence-electron chi connectivity index (χ1n) is 8.47. The molecule has 1 aliphatic heterocycles. The smallest absolute Gasteiger partial charge is 0.142 e. The molecule has 3 nitrogen and oxygen atoms in total. The summed E-state index contributed by atoms with van der Waals surface area (Å²) in [6.07, 6.45) is 6.26. The summed E-state index contributed by atoms with van der Waals surface area (Å²) < 4.78 is 6.32. The summed E-state index contributed by atoms with van der Waals surface area (Å²) in [6, 6.07) is 8.54. The summed E-state index contributed by atoms with van der Waals surface area (Å²) >= 11 is 0. The minimum atomic E-state index is -0.476. The van der Waals surface area contributed by atoms with Gasteiger partial charge in [0.1, 0.15) is 11.4 Å². The Morgan fingerprint density at radius 1 is 1.17 bits per heavy atom. The average Bonchev–Trinajstić information content (AvgIpc) is 2.92. The molecule has 1 N–H and O–H groups in total. The maximum atomic E-state index is 10.4. The zero-order valence-corrected chi connectivity index (χ0v) is 14.2. The number of aromatic hydroxyl groups is 1. The lowest BCUT2D eigenvalue weighted by atomic mass is 9.82. The number of nitrogens with zero attached hydrogens (tertiary/aromatic N) is 1. The van der Waals surface area contributed by atoms with Gasteiger partial charge >= 0.3 is 0 Å². The minimum Gasteiger partial charge on any atom is -0.506 e. The molecule has 2 aromatic rings. The predicted octanol–water partition coefficient (Wildman–Crippen LogP) is 4.76. The first kappa shape index (κ1) is 16.0. The SMILES string of the molecule is CCCCCC1(c2ccc(C)cc2)OCc2c1cnc(C)c2O. The number of pyridine rings is 1. The van der Waals surface area contributed by atoms with E-state index in [9.17, 15) is 5.11 Å². The van der Waals surface area contributed by atoms with Crippen LogP contribution in [-0.4, -0.2) is 10.1 Å². The van der Waals surface area contributed by atoms with E-state index >= 15 is 0 Å². The molecule has 0 saturated heterocycles. The Kier molecular flexibility index (Phi) is 4.40. The molecule has 0 fully saturated rings. The van der Waals surface area contributed by atoms with E-state index in [1.54, 1.807) is 0 Å². The first-order chi connectivity index (χ1) is 11.1. The molecule has 1 atom stereocenters. The number of ether oxygens (including phenoxy) is 1.